The number of carbonyl (C=O) groups excluding carboxylic acids is 1. The molecule has 30 heavy (non-hydrogen) atoms. The van der Waals surface area contributed by atoms with Crippen LogP contribution in [0, 0.1) is 5.82 Å². The number of nitrogens with one attached hydrogen (secondary N) is 1. The van der Waals surface area contributed by atoms with Crippen LogP contribution in [0.25, 0.3) is 11.4 Å². The number of amides is 1. The van der Waals surface area contributed by atoms with E-state index in [0.29, 0.717) is 17.3 Å². The third-order valence-corrected chi connectivity index (χ3v) is 4.77. The molecule has 1 N–H and O–H groups in total. The summed E-state index contributed by atoms with van der Waals surface area (Å²) in [5, 5.41) is 7.51. The Bertz CT molecular complexity index is 1150. The molecule has 0 aliphatic rings. The van der Waals surface area contributed by atoms with Crippen molar-refractivity contribution in [1.29, 1.82) is 0 Å². The summed E-state index contributed by atoms with van der Waals surface area (Å²) < 4.78 is 19.0. The van der Waals surface area contributed by atoms with Gasteiger partial charge in [0.2, 0.25) is 11.7 Å². The van der Waals surface area contributed by atoms with Gasteiger partial charge in [-0.2, -0.15) is 4.98 Å². The first kappa shape index (κ1) is 19.8. The van der Waals surface area contributed by atoms with Gasteiger partial charge in [0.25, 0.3) is 5.91 Å². The van der Waals surface area contributed by atoms with Gasteiger partial charge in [0.15, 0.2) is 0 Å². The molecule has 4 rings (SSSR count). The Balaban J connectivity index is 1.62. The Morgan fingerprint density at radius 1 is 1.03 bits per heavy atom. The van der Waals surface area contributed by atoms with Gasteiger partial charge in [0.1, 0.15) is 11.9 Å². The van der Waals surface area contributed by atoms with Gasteiger partial charge in [-0.15, -0.1) is 0 Å². The molecule has 0 aliphatic carbocycles. The van der Waals surface area contributed by atoms with Gasteiger partial charge in [-0.3, -0.25) is 4.79 Å². The van der Waals surface area contributed by atoms with Crippen LogP contribution < -0.4 is 5.32 Å². The van der Waals surface area contributed by atoms with Gasteiger partial charge in [0.05, 0.1) is 0 Å². The fraction of sp³-hybridized carbons (Fsp3) is 0.0870. The van der Waals surface area contributed by atoms with Crippen molar-refractivity contribution in [2.45, 2.75) is 12.5 Å². The van der Waals surface area contributed by atoms with E-state index in [9.17, 15) is 9.18 Å². The van der Waals surface area contributed by atoms with Crippen LogP contribution in [-0.4, -0.2) is 16.0 Å². The first-order valence-corrected chi connectivity index (χ1v) is 9.66. The molecule has 0 radical (unpaired) electrons. The maximum absolute atomic E-state index is 13.5. The largest absolute Gasteiger partial charge is 0.340 e. The highest BCUT2D eigenvalue weighted by atomic mass is 35.5. The van der Waals surface area contributed by atoms with Gasteiger partial charge in [0, 0.05) is 22.6 Å². The first-order valence-electron chi connectivity index (χ1n) is 9.28. The van der Waals surface area contributed by atoms with Gasteiger partial charge < -0.3 is 9.84 Å². The smallest absolute Gasteiger partial charge is 0.252 e. The molecule has 1 amide bonds. The molecule has 1 atom stereocenters. The molecule has 0 bridgehead atoms. The van der Waals surface area contributed by atoms with E-state index in [-0.39, 0.29) is 11.5 Å². The minimum Gasteiger partial charge on any atom is -0.340 e. The highest BCUT2D eigenvalue weighted by Crippen LogP contribution is 2.23. The van der Waals surface area contributed by atoms with E-state index < -0.39 is 17.8 Å². The normalized spacial score (nSPS) is 11.8. The molecule has 0 fully saturated rings. The Kier molecular flexibility index (Phi) is 5.86. The average molecular weight is 422 g/mol. The third kappa shape index (κ3) is 4.72. The van der Waals surface area contributed by atoms with Crippen molar-refractivity contribution < 1.29 is 13.7 Å². The van der Waals surface area contributed by atoms with Crippen LogP contribution in [0.3, 0.4) is 0 Å². The van der Waals surface area contributed by atoms with Crippen LogP contribution in [0.4, 0.5) is 4.39 Å². The minimum absolute atomic E-state index is 0.213. The van der Waals surface area contributed by atoms with E-state index in [1.807, 2.05) is 30.3 Å². The predicted octanol–water partition coefficient (Wildman–Crippen LogP) is 5.24. The number of hydrogen-bond acceptors (Lipinski definition) is 4. The fourth-order valence-electron chi connectivity index (χ4n) is 3.01. The van der Waals surface area contributed by atoms with Gasteiger partial charge >= 0.3 is 0 Å². The molecule has 7 heteroatoms. The summed E-state index contributed by atoms with van der Waals surface area (Å²) in [6, 6.07) is 21.6. The Morgan fingerprint density at radius 2 is 1.80 bits per heavy atom. The highest BCUT2D eigenvalue weighted by molar-refractivity contribution is 6.30. The fourth-order valence-corrected chi connectivity index (χ4v) is 3.14. The summed E-state index contributed by atoms with van der Waals surface area (Å²) in [7, 11) is 0. The molecule has 1 heterocycles. The maximum atomic E-state index is 13.5. The second kappa shape index (κ2) is 8.88. The zero-order valence-corrected chi connectivity index (χ0v) is 16.5. The number of halogens is 2. The van der Waals surface area contributed by atoms with Crippen LogP contribution in [0.2, 0.25) is 5.02 Å². The zero-order valence-electron chi connectivity index (χ0n) is 15.8. The average Bonchev–Trinajstić information content (AvgIpc) is 3.25. The molecule has 1 aromatic heterocycles. The van der Waals surface area contributed by atoms with Gasteiger partial charge in [-0.05, 0) is 48.0 Å². The molecular formula is C23H17ClFN3O2. The van der Waals surface area contributed by atoms with Crippen molar-refractivity contribution in [3.63, 3.8) is 0 Å². The van der Waals surface area contributed by atoms with Crippen molar-refractivity contribution in [2.75, 3.05) is 0 Å². The van der Waals surface area contributed by atoms with Crippen molar-refractivity contribution in [3.8, 4) is 11.4 Å². The summed E-state index contributed by atoms with van der Waals surface area (Å²) in [5.74, 6) is -0.264. The van der Waals surface area contributed by atoms with Crippen molar-refractivity contribution in [2.24, 2.45) is 0 Å². The summed E-state index contributed by atoms with van der Waals surface area (Å²) >= 11 is 5.93. The molecule has 0 saturated heterocycles. The Labute approximate surface area is 177 Å². The number of carbonyl (C=O) groups is 1. The van der Waals surface area contributed by atoms with E-state index in [2.05, 4.69) is 15.5 Å². The standard InChI is InChI=1S/C23H17ClFN3O2/c24-18-11-9-16(10-12-18)21-27-23(30-28-21)20(13-15-5-2-1-3-6-15)26-22(29)17-7-4-8-19(25)14-17/h1-12,14,20H,13H2,(H,26,29)/t20-/m1/s1. The second-order valence-electron chi connectivity index (χ2n) is 6.69. The third-order valence-electron chi connectivity index (χ3n) is 4.52. The summed E-state index contributed by atoms with van der Waals surface area (Å²) in [5.41, 5.74) is 1.93. The van der Waals surface area contributed by atoms with Crippen molar-refractivity contribution >= 4 is 17.5 Å². The number of benzene rings is 3. The number of aromatic nitrogens is 2. The van der Waals surface area contributed by atoms with Crippen LogP contribution in [0.1, 0.15) is 27.9 Å². The quantitative estimate of drug-likeness (QED) is 0.462. The van der Waals surface area contributed by atoms with E-state index in [4.69, 9.17) is 16.1 Å². The molecule has 0 aliphatic heterocycles. The lowest BCUT2D eigenvalue weighted by molar-refractivity contribution is 0.0927. The molecule has 5 nitrogen and oxygen atoms in total. The summed E-state index contributed by atoms with van der Waals surface area (Å²) in [6.07, 6.45) is 0.435. The Hall–Kier alpha value is -3.51. The maximum Gasteiger partial charge on any atom is 0.252 e. The van der Waals surface area contributed by atoms with E-state index in [0.717, 1.165) is 11.1 Å². The molecule has 4 aromatic rings. The number of hydrogen-bond donors (Lipinski definition) is 1. The Morgan fingerprint density at radius 3 is 2.53 bits per heavy atom. The molecule has 0 saturated carbocycles. The van der Waals surface area contributed by atoms with E-state index in [1.54, 1.807) is 30.3 Å². The lowest BCUT2D eigenvalue weighted by Gasteiger charge is -2.15. The predicted molar refractivity (Wildman–Crippen MR) is 111 cm³/mol. The minimum atomic E-state index is -0.586. The molecule has 0 spiro atoms. The molecular weight excluding hydrogens is 405 g/mol. The summed E-state index contributed by atoms with van der Waals surface area (Å²) in [6.45, 7) is 0. The van der Waals surface area contributed by atoms with Crippen molar-refractivity contribution in [3.05, 3.63) is 107 Å². The lowest BCUT2D eigenvalue weighted by Crippen LogP contribution is -2.30. The van der Waals surface area contributed by atoms with Gasteiger partial charge in [-0.25, -0.2) is 4.39 Å². The highest BCUT2D eigenvalue weighted by Gasteiger charge is 2.23. The first-order chi connectivity index (χ1) is 14.6. The zero-order chi connectivity index (χ0) is 20.9. The number of nitrogens with zero attached hydrogens (tertiary/aromatic N) is 2. The van der Waals surface area contributed by atoms with Crippen LogP contribution >= 0.6 is 11.6 Å². The topological polar surface area (TPSA) is 68.0 Å². The molecule has 3 aromatic carbocycles. The lowest BCUT2D eigenvalue weighted by atomic mass is 10.1. The second-order valence-corrected chi connectivity index (χ2v) is 7.13. The SMILES string of the molecule is O=C(N[C@H](Cc1ccccc1)c1nc(-c2ccc(Cl)cc2)no1)c1cccc(F)c1. The van der Waals surface area contributed by atoms with Crippen LogP contribution in [-0.2, 0) is 6.42 Å². The van der Waals surface area contributed by atoms with Crippen LogP contribution in [0.5, 0.6) is 0 Å². The molecule has 0 unspecified atom stereocenters. The van der Waals surface area contributed by atoms with Crippen molar-refractivity contribution in [1.82, 2.24) is 15.5 Å². The summed E-state index contributed by atoms with van der Waals surface area (Å²) in [4.78, 5) is 17.2. The van der Waals surface area contributed by atoms with Crippen LogP contribution in [0.15, 0.2) is 83.4 Å². The van der Waals surface area contributed by atoms with E-state index >= 15 is 0 Å². The number of rotatable bonds is 6. The monoisotopic (exact) mass is 421 g/mol. The van der Waals surface area contributed by atoms with E-state index in [1.165, 1.54) is 18.2 Å². The molecule has 150 valence electrons. The van der Waals surface area contributed by atoms with Gasteiger partial charge in [-0.1, -0.05) is 53.2 Å².